The van der Waals surface area contributed by atoms with Gasteiger partial charge in [0.25, 0.3) is 0 Å². The van der Waals surface area contributed by atoms with Gasteiger partial charge in [0.1, 0.15) is 11.8 Å². The number of nitrogen functional groups attached to an aromatic ring is 1. The average molecular weight is 267 g/mol. The molecule has 2 rings (SSSR count). The molecule has 0 aliphatic rings. The number of nitrogens with one attached hydrogen (secondary N) is 1. The molecule has 2 heterocycles. The van der Waals surface area contributed by atoms with Crippen LogP contribution in [0.15, 0.2) is 6.33 Å². The van der Waals surface area contributed by atoms with Crippen LogP contribution < -0.4 is 5.73 Å². The predicted molar refractivity (Wildman–Crippen MR) is 68.4 cm³/mol. The van der Waals surface area contributed by atoms with Crippen LogP contribution in [0.25, 0.3) is 11.2 Å². The molecule has 7 nitrogen and oxygen atoms in total. The van der Waals surface area contributed by atoms with Gasteiger partial charge < -0.3 is 20.0 Å². The van der Waals surface area contributed by atoms with E-state index in [1.54, 1.807) is 11.5 Å². The van der Waals surface area contributed by atoms with Gasteiger partial charge in [-0.3, -0.25) is 4.79 Å². The summed E-state index contributed by atoms with van der Waals surface area (Å²) in [5.74, 6) is 0.0664. The number of anilines is 1. The lowest BCUT2D eigenvalue weighted by Crippen LogP contribution is -2.09. The molecule has 0 saturated heterocycles. The monoisotopic (exact) mass is 267 g/mol. The highest BCUT2D eigenvalue weighted by Gasteiger charge is 2.10. The normalized spacial score (nSPS) is 10.7. The molecule has 0 unspecified atom stereocenters. The average Bonchev–Trinajstić information content (AvgIpc) is 2.65. The number of hydrogen-bond acceptors (Lipinski definition) is 6. The van der Waals surface area contributed by atoms with Crippen LogP contribution in [0, 0.1) is 4.77 Å². The molecule has 0 spiro atoms. The van der Waals surface area contributed by atoms with Crippen molar-refractivity contribution in [3.8, 4) is 0 Å². The summed E-state index contributed by atoms with van der Waals surface area (Å²) < 4.78 is 7.03. The fraction of sp³-hybridized carbons (Fsp3) is 0.400. The van der Waals surface area contributed by atoms with Gasteiger partial charge in [0, 0.05) is 6.54 Å². The Labute approximate surface area is 108 Å². The first-order chi connectivity index (χ1) is 8.63. The molecule has 2 aromatic rings. The smallest absolute Gasteiger partial charge is 0.307 e. The number of aromatic nitrogens is 4. The second-order valence-electron chi connectivity index (χ2n) is 3.59. The number of H-pyrrole nitrogens is 1. The summed E-state index contributed by atoms with van der Waals surface area (Å²) >= 11 is 5.16. The Balaban J connectivity index is 2.28. The molecule has 0 aliphatic carbocycles. The zero-order valence-corrected chi connectivity index (χ0v) is 10.7. The molecular weight excluding hydrogens is 254 g/mol. The number of carbonyl (C=O) groups excluding carboxylic acids is 1. The molecule has 3 N–H and O–H groups in total. The van der Waals surface area contributed by atoms with Crippen LogP contribution in [-0.2, 0) is 16.1 Å². The lowest BCUT2D eigenvalue weighted by Gasteiger charge is -2.03. The van der Waals surface area contributed by atoms with Crippen molar-refractivity contribution in [1.29, 1.82) is 0 Å². The molecule has 0 bridgehead atoms. The minimum atomic E-state index is -0.268. The zero-order chi connectivity index (χ0) is 13.1. The molecule has 0 radical (unpaired) electrons. The van der Waals surface area contributed by atoms with E-state index in [1.165, 1.54) is 6.33 Å². The Morgan fingerprint density at radius 3 is 3.11 bits per heavy atom. The summed E-state index contributed by atoms with van der Waals surface area (Å²) in [5.41, 5.74) is 6.89. The third-order valence-electron chi connectivity index (χ3n) is 2.43. The number of hydrogen-bond donors (Lipinski definition) is 2. The molecule has 0 aromatic carbocycles. The second-order valence-corrected chi connectivity index (χ2v) is 3.98. The SMILES string of the molecule is CCOC(=O)CCn1c(=S)[nH]c2c(N)ncnc21. The van der Waals surface area contributed by atoms with Crippen LogP contribution in [0.1, 0.15) is 13.3 Å². The molecular formula is C10H13N5O2S. The van der Waals surface area contributed by atoms with Crippen LogP contribution in [0.5, 0.6) is 0 Å². The van der Waals surface area contributed by atoms with Gasteiger partial charge in [-0.25, -0.2) is 9.97 Å². The minimum absolute atomic E-state index is 0.235. The van der Waals surface area contributed by atoms with Crippen molar-refractivity contribution in [1.82, 2.24) is 19.5 Å². The van der Waals surface area contributed by atoms with Gasteiger partial charge in [-0.15, -0.1) is 0 Å². The highest BCUT2D eigenvalue weighted by molar-refractivity contribution is 7.71. The van der Waals surface area contributed by atoms with E-state index >= 15 is 0 Å². The number of aromatic amines is 1. The predicted octanol–water partition coefficient (Wildman–Crippen LogP) is 1.02. The lowest BCUT2D eigenvalue weighted by atomic mass is 10.4. The summed E-state index contributed by atoms with van der Waals surface area (Å²) in [6.45, 7) is 2.53. The third-order valence-corrected chi connectivity index (χ3v) is 2.76. The quantitative estimate of drug-likeness (QED) is 0.634. The van der Waals surface area contributed by atoms with E-state index in [-0.39, 0.29) is 12.4 Å². The summed E-state index contributed by atoms with van der Waals surface area (Å²) in [4.78, 5) is 22.2. The maximum Gasteiger partial charge on any atom is 0.307 e. The molecule has 0 amide bonds. The number of aryl methyl sites for hydroxylation is 1. The van der Waals surface area contributed by atoms with Crippen molar-refractivity contribution >= 4 is 35.2 Å². The van der Waals surface area contributed by atoms with E-state index in [2.05, 4.69) is 15.0 Å². The Bertz CT molecular complexity index is 633. The Morgan fingerprint density at radius 2 is 2.39 bits per heavy atom. The summed E-state index contributed by atoms with van der Waals surface area (Å²) in [5, 5.41) is 0. The number of imidazole rings is 1. The first-order valence-electron chi connectivity index (χ1n) is 5.48. The first-order valence-corrected chi connectivity index (χ1v) is 5.89. The fourth-order valence-corrected chi connectivity index (χ4v) is 1.91. The zero-order valence-electron chi connectivity index (χ0n) is 9.84. The largest absolute Gasteiger partial charge is 0.466 e. The van der Waals surface area contributed by atoms with Gasteiger partial charge in [0.2, 0.25) is 0 Å². The van der Waals surface area contributed by atoms with Crippen LogP contribution in [0.2, 0.25) is 0 Å². The van der Waals surface area contributed by atoms with Crippen molar-refractivity contribution in [3.63, 3.8) is 0 Å². The van der Waals surface area contributed by atoms with Crippen LogP contribution in [0.4, 0.5) is 5.82 Å². The molecule has 0 fully saturated rings. The summed E-state index contributed by atoms with van der Waals surface area (Å²) in [7, 11) is 0. The number of carbonyl (C=O) groups is 1. The topological polar surface area (TPSA) is 98.8 Å². The minimum Gasteiger partial charge on any atom is -0.466 e. The molecule has 18 heavy (non-hydrogen) atoms. The molecule has 0 atom stereocenters. The van der Waals surface area contributed by atoms with Crippen molar-refractivity contribution < 1.29 is 9.53 Å². The lowest BCUT2D eigenvalue weighted by molar-refractivity contribution is -0.143. The second kappa shape index (κ2) is 5.13. The molecule has 2 aromatic heterocycles. The summed E-state index contributed by atoms with van der Waals surface area (Å²) in [6.07, 6.45) is 1.60. The van der Waals surface area contributed by atoms with Gasteiger partial charge in [0.05, 0.1) is 13.0 Å². The number of nitrogens with two attached hydrogens (primary N) is 1. The third kappa shape index (κ3) is 2.33. The molecule has 8 heteroatoms. The maximum absolute atomic E-state index is 11.3. The number of esters is 1. The maximum atomic E-state index is 11.3. The molecule has 96 valence electrons. The van der Waals surface area contributed by atoms with Gasteiger partial charge in [-0.2, -0.15) is 0 Å². The van der Waals surface area contributed by atoms with E-state index in [0.717, 1.165) is 0 Å². The highest BCUT2D eigenvalue weighted by Crippen LogP contribution is 2.15. The van der Waals surface area contributed by atoms with Gasteiger partial charge in [-0.1, -0.05) is 0 Å². The van der Waals surface area contributed by atoms with Gasteiger partial charge in [-0.05, 0) is 19.1 Å². The van der Waals surface area contributed by atoms with Crippen LogP contribution in [-0.4, -0.2) is 32.1 Å². The van der Waals surface area contributed by atoms with Crippen molar-refractivity contribution in [2.45, 2.75) is 19.9 Å². The Hall–Kier alpha value is -1.96. The molecule has 0 aliphatic heterocycles. The number of nitrogens with zero attached hydrogens (tertiary/aromatic N) is 3. The van der Waals surface area contributed by atoms with Crippen LogP contribution in [0.3, 0.4) is 0 Å². The van der Waals surface area contributed by atoms with Crippen molar-refractivity contribution in [3.05, 3.63) is 11.1 Å². The first kappa shape index (κ1) is 12.5. The molecule has 0 saturated carbocycles. The van der Waals surface area contributed by atoms with Crippen molar-refractivity contribution in [2.75, 3.05) is 12.3 Å². The standard InChI is InChI=1S/C10H13N5O2S/c1-2-17-6(16)3-4-15-9-7(14-10(15)18)8(11)12-5-13-9/h5H,2-4H2,1H3,(H,14,18)(H2,11,12,13). The summed E-state index contributed by atoms with van der Waals surface area (Å²) in [6, 6.07) is 0. The van der Waals surface area contributed by atoms with E-state index in [4.69, 9.17) is 22.7 Å². The van der Waals surface area contributed by atoms with Gasteiger partial charge >= 0.3 is 5.97 Å². The van der Waals surface area contributed by atoms with E-state index in [0.29, 0.717) is 34.9 Å². The Kier molecular flexibility index (Phi) is 3.56. The number of fused-ring (bicyclic) bond motifs is 1. The Morgan fingerprint density at radius 1 is 1.61 bits per heavy atom. The highest BCUT2D eigenvalue weighted by atomic mass is 32.1. The number of ether oxygens (including phenoxy) is 1. The van der Waals surface area contributed by atoms with E-state index < -0.39 is 0 Å². The fourth-order valence-electron chi connectivity index (χ4n) is 1.63. The van der Waals surface area contributed by atoms with Gasteiger partial charge in [0.15, 0.2) is 16.2 Å². The van der Waals surface area contributed by atoms with E-state index in [1.807, 2.05) is 0 Å². The number of rotatable bonds is 4. The van der Waals surface area contributed by atoms with E-state index in [9.17, 15) is 4.79 Å². The van der Waals surface area contributed by atoms with Crippen LogP contribution >= 0.6 is 12.2 Å². The van der Waals surface area contributed by atoms with Crippen molar-refractivity contribution in [2.24, 2.45) is 0 Å².